The summed E-state index contributed by atoms with van der Waals surface area (Å²) >= 11 is 0. The van der Waals surface area contributed by atoms with Gasteiger partial charge < -0.3 is 19.1 Å². The molecule has 8 heteroatoms. The monoisotopic (exact) mass is 361 g/mol. The van der Waals surface area contributed by atoms with Gasteiger partial charge in [0.05, 0.1) is 33.3 Å². The van der Waals surface area contributed by atoms with Crippen LogP contribution in [0.1, 0.15) is 30.9 Å². The highest BCUT2D eigenvalue weighted by Crippen LogP contribution is 2.38. The summed E-state index contributed by atoms with van der Waals surface area (Å²) < 4.78 is 51.3. The topological polar surface area (TPSA) is 48.0 Å². The van der Waals surface area contributed by atoms with E-state index in [1.54, 1.807) is 31.3 Å². The Kier molecular flexibility index (Phi) is 6.52. The van der Waals surface area contributed by atoms with E-state index in [-0.39, 0.29) is 25.0 Å². The number of ether oxygens (including phenoxy) is 3. The summed E-state index contributed by atoms with van der Waals surface area (Å²) in [5.74, 6) is 1.05. The Hall–Kier alpha value is -1.96. The molecule has 0 aliphatic carbocycles. The average Bonchev–Trinajstić information content (AvgIpc) is 3.06. The van der Waals surface area contributed by atoms with E-state index in [4.69, 9.17) is 9.47 Å². The van der Waals surface area contributed by atoms with E-state index in [0.717, 1.165) is 18.4 Å². The van der Waals surface area contributed by atoms with E-state index >= 15 is 0 Å². The summed E-state index contributed by atoms with van der Waals surface area (Å²) in [5, 5.41) is 0. The molecular formula is C17H22F3NO4. The molecule has 140 valence electrons. The fraction of sp³-hybridized carbons (Fsp3) is 0.588. The van der Waals surface area contributed by atoms with E-state index in [9.17, 15) is 18.0 Å². The fourth-order valence-electron chi connectivity index (χ4n) is 2.97. The molecular weight excluding hydrogens is 339 g/mol. The van der Waals surface area contributed by atoms with Crippen LogP contribution >= 0.6 is 0 Å². The molecule has 1 aromatic carbocycles. The van der Waals surface area contributed by atoms with Crippen LogP contribution in [0.25, 0.3) is 0 Å². The first kappa shape index (κ1) is 19.4. The summed E-state index contributed by atoms with van der Waals surface area (Å²) in [6, 6.07) is 5.25. The van der Waals surface area contributed by atoms with Crippen molar-refractivity contribution in [2.75, 3.05) is 34.0 Å². The van der Waals surface area contributed by atoms with Crippen LogP contribution in [0.4, 0.5) is 13.2 Å². The van der Waals surface area contributed by atoms with Crippen molar-refractivity contribution < 1.29 is 32.2 Å². The molecule has 1 saturated heterocycles. The van der Waals surface area contributed by atoms with Gasteiger partial charge in [-0.2, -0.15) is 13.2 Å². The van der Waals surface area contributed by atoms with E-state index < -0.39 is 12.8 Å². The van der Waals surface area contributed by atoms with Crippen LogP contribution in [-0.4, -0.2) is 51.0 Å². The number of amides is 1. The smallest absolute Gasteiger partial charge is 0.411 e. The molecule has 1 fully saturated rings. The highest BCUT2D eigenvalue weighted by molar-refractivity contribution is 5.77. The van der Waals surface area contributed by atoms with E-state index in [1.807, 2.05) is 6.07 Å². The first-order valence-corrected chi connectivity index (χ1v) is 8.01. The van der Waals surface area contributed by atoms with Crippen molar-refractivity contribution in [2.45, 2.75) is 31.5 Å². The maximum Gasteiger partial charge on any atom is 0.411 e. The first-order valence-electron chi connectivity index (χ1n) is 8.01. The van der Waals surface area contributed by atoms with Gasteiger partial charge in [0.2, 0.25) is 5.91 Å². The van der Waals surface area contributed by atoms with Gasteiger partial charge in [-0.1, -0.05) is 0 Å². The molecule has 0 bridgehead atoms. The van der Waals surface area contributed by atoms with Crippen LogP contribution in [0.3, 0.4) is 0 Å². The third kappa shape index (κ3) is 5.26. The molecule has 0 spiro atoms. The highest BCUT2D eigenvalue weighted by Gasteiger charge is 2.32. The number of rotatable bonds is 7. The minimum atomic E-state index is -4.38. The summed E-state index contributed by atoms with van der Waals surface area (Å²) in [6.45, 7) is -1.02. The summed E-state index contributed by atoms with van der Waals surface area (Å²) in [7, 11) is 3.10. The zero-order valence-corrected chi connectivity index (χ0v) is 14.3. The van der Waals surface area contributed by atoms with Gasteiger partial charge in [-0.3, -0.25) is 4.79 Å². The second kappa shape index (κ2) is 8.42. The lowest BCUT2D eigenvalue weighted by molar-refractivity contribution is -0.175. The summed E-state index contributed by atoms with van der Waals surface area (Å²) in [5.41, 5.74) is 0.866. The molecule has 0 radical (unpaired) electrons. The Morgan fingerprint density at radius 3 is 2.68 bits per heavy atom. The van der Waals surface area contributed by atoms with Gasteiger partial charge in [0.1, 0.15) is 18.1 Å². The Morgan fingerprint density at radius 2 is 2.04 bits per heavy atom. The lowest BCUT2D eigenvalue weighted by Gasteiger charge is -2.26. The van der Waals surface area contributed by atoms with Gasteiger partial charge in [0.15, 0.2) is 0 Å². The van der Waals surface area contributed by atoms with Crippen LogP contribution in [-0.2, 0) is 9.53 Å². The Balaban J connectivity index is 2.01. The van der Waals surface area contributed by atoms with Crippen molar-refractivity contribution in [3.05, 3.63) is 23.8 Å². The molecule has 0 saturated carbocycles. The van der Waals surface area contributed by atoms with Crippen LogP contribution < -0.4 is 9.47 Å². The largest absolute Gasteiger partial charge is 0.497 e. The lowest BCUT2D eigenvalue weighted by Crippen LogP contribution is -2.31. The normalized spacial score (nSPS) is 17.6. The van der Waals surface area contributed by atoms with Crippen LogP contribution in [0, 0.1) is 0 Å². The third-order valence-electron chi connectivity index (χ3n) is 4.10. The number of nitrogens with zero attached hydrogens (tertiary/aromatic N) is 1. The van der Waals surface area contributed by atoms with E-state index in [0.29, 0.717) is 18.0 Å². The predicted octanol–water partition coefficient (Wildman–Crippen LogP) is 3.34. The van der Waals surface area contributed by atoms with E-state index in [2.05, 4.69) is 4.74 Å². The zero-order chi connectivity index (χ0) is 18.4. The number of halogens is 3. The van der Waals surface area contributed by atoms with Crippen molar-refractivity contribution >= 4 is 5.91 Å². The molecule has 1 aliphatic heterocycles. The van der Waals surface area contributed by atoms with Gasteiger partial charge in [-0.25, -0.2) is 0 Å². The molecule has 1 atom stereocenters. The third-order valence-corrected chi connectivity index (χ3v) is 4.10. The van der Waals surface area contributed by atoms with Crippen molar-refractivity contribution in [1.29, 1.82) is 0 Å². The van der Waals surface area contributed by atoms with Gasteiger partial charge >= 0.3 is 6.18 Å². The average molecular weight is 361 g/mol. The van der Waals surface area contributed by atoms with Gasteiger partial charge in [-0.15, -0.1) is 0 Å². The summed E-state index contributed by atoms with van der Waals surface area (Å²) in [4.78, 5) is 14.1. The standard InChI is InChI=1S/C17H22F3NO4/c1-23-12-5-6-13(15(10-12)24-2)14-4-3-8-21(14)16(22)7-9-25-11-17(18,19)20/h5-6,10,14H,3-4,7-9,11H2,1-2H3. The predicted molar refractivity (Wildman–Crippen MR) is 84.7 cm³/mol. The molecule has 0 aromatic heterocycles. The number of benzene rings is 1. The molecule has 1 unspecified atom stereocenters. The number of likely N-dealkylation sites (tertiary alicyclic amines) is 1. The van der Waals surface area contributed by atoms with E-state index in [1.165, 1.54) is 0 Å². The van der Waals surface area contributed by atoms with Crippen molar-refractivity contribution in [3.63, 3.8) is 0 Å². The Bertz CT molecular complexity index is 592. The molecule has 2 rings (SSSR count). The second-order valence-corrected chi connectivity index (χ2v) is 5.77. The molecule has 25 heavy (non-hydrogen) atoms. The van der Waals surface area contributed by atoms with Crippen molar-refractivity contribution in [3.8, 4) is 11.5 Å². The highest BCUT2D eigenvalue weighted by atomic mass is 19.4. The van der Waals surface area contributed by atoms with Crippen molar-refractivity contribution in [1.82, 2.24) is 4.90 Å². The van der Waals surface area contributed by atoms with Crippen LogP contribution in [0.2, 0.25) is 0 Å². The number of methoxy groups -OCH3 is 2. The zero-order valence-electron chi connectivity index (χ0n) is 14.3. The number of hydrogen-bond acceptors (Lipinski definition) is 4. The van der Waals surface area contributed by atoms with Gasteiger partial charge in [0.25, 0.3) is 0 Å². The minimum Gasteiger partial charge on any atom is -0.497 e. The molecule has 0 N–H and O–H groups in total. The second-order valence-electron chi connectivity index (χ2n) is 5.77. The van der Waals surface area contributed by atoms with Crippen molar-refractivity contribution in [2.24, 2.45) is 0 Å². The minimum absolute atomic E-state index is 0.0783. The Labute approximate surface area is 144 Å². The number of carbonyl (C=O) groups is 1. The lowest BCUT2D eigenvalue weighted by atomic mass is 10.0. The molecule has 5 nitrogen and oxygen atoms in total. The van der Waals surface area contributed by atoms with Crippen LogP contribution in [0.5, 0.6) is 11.5 Å². The maximum atomic E-state index is 12.4. The fourth-order valence-corrected chi connectivity index (χ4v) is 2.97. The summed E-state index contributed by atoms with van der Waals surface area (Å²) in [6.07, 6.45) is -2.85. The number of carbonyl (C=O) groups excluding carboxylic acids is 1. The SMILES string of the molecule is COc1ccc(C2CCCN2C(=O)CCOCC(F)(F)F)c(OC)c1. The maximum absolute atomic E-state index is 12.4. The first-order chi connectivity index (χ1) is 11.9. The molecule has 1 heterocycles. The van der Waals surface area contributed by atoms with Crippen LogP contribution in [0.15, 0.2) is 18.2 Å². The number of hydrogen-bond donors (Lipinski definition) is 0. The molecule has 1 amide bonds. The number of alkyl halides is 3. The molecule has 1 aliphatic rings. The van der Waals surface area contributed by atoms with Gasteiger partial charge in [-0.05, 0) is 25.0 Å². The molecule has 1 aromatic rings. The quantitative estimate of drug-likeness (QED) is 0.699. The Morgan fingerprint density at radius 1 is 1.28 bits per heavy atom. The van der Waals surface area contributed by atoms with Gasteiger partial charge in [0, 0.05) is 18.2 Å².